The van der Waals surface area contributed by atoms with Crippen molar-refractivity contribution in [1.82, 2.24) is 0 Å². The molecule has 0 fully saturated rings. The van der Waals surface area contributed by atoms with Crippen LogP contribution < -0.4 is 0 Å². The summed E-state index contributed by atoms with van der Waals surface area (Å²) in [7, 11) is 0. The Labute approximate surface area is 75.1 Å². The first-order valence-corrected chi connectivity index (χ1v) is 3.84. The van der Waals surface area contributed by atoms with Crippen LogP contribution in [-0.4, -0.2) is 56.9 Å². The van der Waals surface area contributed by atoms with E-state index in [0.29, 0.717) is 0 Å². The van der Waals surface area contributed by atoms with Gasteiger partial charge in [0.1, 0.15) is 12.2 Å². The normalized spacial score (nSPS) is 21.1. The van der Waals surface area contributed by atoms with Gasteiger partial charge in [-0.2, -0.15) is 12.6 Å². The Morgan fingerprint density at radius 1 is 1.33 bits per heavy atom. The van der Waals surface area contributed by atoms with E-state index in [1.54, 1.807) is 0 Å². The molecule has 0 aliphatic carbocycles. The molecule has 0 heterocycles. The standard InChI is InChI=1S/C6H12O5S/c7-1-3(9)5(11)6(12)4(10)2-8/h1,3-6,8-12H,2H2/t3-,4+,5+,6-/m0/s1. The lowest BCUT2D eigenvalue weighted by Gasteiger charge is -2.22. The Bertz CT molecular complexity index is 142. The number of rotatable bonds is 5. The molecular weight excluding hydrogens is 184 g/mol. The van der Waals surface area contributed by atoms with E-state index in [1.807, 2.05) is 0 Å². The summed E-state index contributed by atoms with van der Waals surface area (Å²) in [6.45, 7) is -0.587. The van der Waals surface area contributed by atoms with E-state index in [0.717, 1.165) is 0 Å². The Balaban J connectivity index is 4.07. The minimum absolute atomic E-state index is 0.137. The zero-order chi connectivity index (χ0) is 9.72. The molecular formula is C6H12O5S. The Morgan fingerprint density at radius 2 is 1.83 bits per heavy atom. The summed E-state index contributed by atoms with van der Waals surface area (Å²) in [5.74, 6) is 0. The lowest BCUT2D eigenvalue weighted by molar-refractivity contribution is -0.121. The van der Waals surface area contributed by atoms with E-state index in [4.69, 9.17) is 20.4 Å². The van der Waals surface area contributed by atoms with Gasteiger partial charge < -0.3 is 25.2 Å². The lowest BCUT2D eigenvalue weighted by atomic mass is 10.1. The van der Waals surface area contributed by atoms with Gasteiger partial charge in [0.25, 0.3) is 0 Å². The van der Waals surface area contributed by atoms with Gasteiger partial charge in [-0.15, -0.1) is 0 Å². The highest BCUT2D eigenvalue weighted by Gasteiger charge is 2.28. The number of carbonyl (C=O) groups excluding carboxylic acids is 1. The summed E-state index contributed by atoms with van der Waals surface area (Å²) in [5.41, 5.74) is 0. The smallest absolute Gasteiger partial charge is 0.151 e. The summed E-state index contributed by atoms with van der Waals surface area (Å²) >= 11 is 3.71. The predicted molar refractivity (Wildman–Crippen MR) is 43.9 cm³/mol. The highest BCUT2D eigenvalue weighted by Crippen LogP contribution is 2.10. The van der Waals surface area contributed by atoms with E-state index in [1.165, 1.54) is 0 Å². The average Bonchev–Trinajstić information content (AvgIpc) is 2.12. The van der Waals surface area contributed by atoms with Crippen LogP contribution in [-0.2, 0) is 4.79 Å². The molecule has 6 heteroatoms. The van der Waals surface area contributed by atoms with Gasteiger partial charge in [-0.25, -0.2) is 0 Å². The lowest BCUT2D eigenvalue weighted by Crippen LogP contribution is -2.43. The second-order valence-corrected chi connectivity index (χ2v) is 2.95. The first-order chi connectivity index (χ1) is 5.54. The van der Waals surface area contributed by atoms with E-state index in [2.05, 4.69) is 12.6 Å². The van der Waals surface area contributed by atoms with Gasteiger partial charge in [0.05, 0.1) is 18.0 Å². The Kier molecular flexibility index (Phi) is 5.43. The highest BCUT2D eigenvalue weighted by molar-refractivity contribution is 7.81. The molecule has 0 amide bonds. The van der Waals surface area contributed by atoms with E-state index in [-0.39, 0.29) is 6.29 Å². The summed E-state index contributed by atoms with van der Waals surface area (Å²) in [5, 5.41) is 34.2. The van der Waals surface area contributed by atoms with Crippen molar-refractivity contribution in [1.29, 1.82) is 0 Å². The summed E-state index contributed by atoms with van der Waals surface area (Å²) < 4.78 is 0. The Hall–Kier alpha value is -0.140. The van der Waals surface area contributed by atoms with Crippen molar-refractivity contribution in [3.63, 3.8) is 0 Å². The SMILES string of the molecule is O=C[C@H](O)[C@@H](O)[C@@H](S)[C@H](O)CO. The fourth-order valence-corrected chi connectivity index (χ4v) is 0.889. The average molecular weight is 196 g/mol. The number of thiol groups is 1. The molecule has 72 valence electrons. The van der Waals surface area contributed by atoms with E-state index >= 15 is 0 Å². The fraction of sp³-hybridized carbons (Fsp3) is 0.833. The maximum Gasteiger partial charge on any atom is 0.151 e. The first kappa shape index (κ1) is 11.9. The molecule has 0 spiro atoms. The third-order valence-electron chi connectivity index (χ3n) is 1.42. The molecule has 0 aliphatic heterocycles. The van der Waals surface area contributed by atoms with Gasteiger partial charge in [-0.05, 0) is 0 Å². The van der Waals surface area contributed by atoms with Crippen molar-refractivity contribution < 1.29 is 25.2 Å². The van der Waals surface area contributed by atoms with Crippen LogP contribution >= 0.6 is 12.6 Å². The molecule has 5 nitrogen and oxygen atoms in total. The third-order valence-corrected chi connectivity index (χ3v) is 2.07. The van der Waals surface area contributed by atoms with Crippen molar-refractivity contribution in [3.8, 4) is 0 Å². The number of carbonyl (C=O) groups is 1. The molecule has 0 aromatic rings. The number of hydrogen-bond acceptors (Lipinski definition) is 6. The molecule has 12 heavy (non-hydrogen) atoms. The number of aliphatic hydroxyl groups excluding tert-OH is 4. The van der Waals surface area contributed by atoms with Crippen molar-refractivity contribution in [2.24, 2.45) is 0 Å². The molecule has 4 atom stereocenters. The molecule has 0 radical (unpaired) electrons. The number of aliphatic hydroxyl groups is 4. The largest absolute Gasteiger partial charge is 0.394 e. The van der Waals surface area contributed by atoms with E-state index in [9.17, 15) is 4.79 Å². The van der Waals surface area contributed by atoms with Crippen LogP contribution in [0.5, 0.6) is 0 Å². The minimum atomic E-state index is -1.59. The summed E-state index contributed by atoms with van der Waals surface area (Å²) in [6.07, 6.45) is -4.20. The zero-order valence-electron chi connectivity index (χ0n) is 6.24. The van der Waals surface area contributed by atoms with Gasteiger partial charge in [-0.3, -0.25) is 0 Å². The minimum Gasteiger partial charge on any atom is -0.394 e. The predicted octanol–water partition coefficient (Wildman–Crippen LogP) is -2.44. The van der Waals surface area contributed by atoms with Crippen molar-refractivity contribution in [3.05, 3.63) is 0 Å². The fourth-order valence-electron chi connectivity index (χ4n) is 0.618. The third kappa shape index (κ3) is 3.08. The highest BCUT2D eigenvalue weighted by atomic mass is 32.1. The van der Waals surface area contributed by atoms with Crippen molar-refractivity contribution in [2.75, 3.05) is 6.61 Å². The van der Waals surface area contributed by atoms with E-state index < -0.39 is 30.2 Å². The maximum absolute atomic E-state index is 9.97. The van der Waals surface area contributed by atoms with Crippen LogP contribution in [0.15, 0.2) is 0 Å². The molecule has 0 rings (SSSR count). The van der Waals surface area contributed by atoms with Gasteiger partial charge >= 0.3 is 0 Å². The van der Waals surface area contributed by atoms with Crippen molar-refractivity contribution in [2.45, 2.75) is 23.6 Å². The first-order valence-electron chi connectivity index (χ1n) is 3.33. The molecule has 0 saturated heterocycles. The molecule has 0 bridgehead atoms. The molecule has 0 aromatic heterocycles. The monoisotopic (exact) mass is 196 g/mol. The summed E-state index contributed by atoms with van der Waals surface area (Å²) in [4.78, 5) is 9.97. The maximum atomic E-state index is 9.97. The molecule has 0 unspecified atom stereocenters. The van der Waals surface area contributed by atoms with Gasteiger partial charge in [0.15, 0.2) is 6.29 Å². The topological polar surface area (TPSA) is 98.0 Å². The van der Waals surface area contributed by atoms with Crippen LogP contribution in [0, 0.1) is 0 Å². The van der Waals surface area contributed by atoms with Crippen LogP contribution in [0.1, 0.15) is 0 Å². The molecule has 0 aromatic carbocycles. The van der Waals surface area contributed by atoms with Crippen LogP contribution in [0.3, 0.4) is 0 Å². The van der Waals surface area contributed by atoms with Gasteiger partial charge in [-0.1, -0.05) is 0 Å². The van der Waals surface area contributed by atoms with Crippen LogP contribution in [0.25, 0.3) is 0 Å². The van der Waals surface area contributed by atoms with Crippen molar-refractivity contribution >= 4 is 18.9 Å². The molecule has 0 saturated carbocycles. The quantitative estimate of drug-likeness (QED) is 0.248. The van der Waals surface area contributed by atoms with Gasteiger partial charge in [0.2, 0.25) is 0 Å². The van der Waals surface area contributed by atoms with Crippen LogP contribution in [0.4, 0.5) is 0 Å². The molecule has 0 aliphatic rings. The number of aldehydes is 1. The van der Waals surface area contributed by atoms with Gasteiger partial charge in [0, 0.05) is 0 Å². The second-order valence-electron chi connectivity index (χ2n) is 2.36. The zero-order valence-corrected chi connectivity index (χ0v) is 7.13. The Morgan fingerprint density at radius 3 is 2.17 bits per heavy atom. The van der Waals surface area contributed by atoms with Crippen LogP contribution in [0.2, 0.25) is 0 Å². The number of hydrogen-bond donors (Lipinski definition) is 5. The second kappa shape index (κ2) is 5.50. The molecule has 4 N–H and O–H groups in total. The summed E-state index contributed by atoms with van der Waals surface area (Å²) in [6, 6.07) is 0.